The molecule has 1 aliphatic rings. The fraction of sp³-hybridized carbons (Fsp3) is 0.300. The highest BCUT2D eigenvalue weighted by Crippen LogP contribution is 2.45. The molecule has 4 rings (SSSR count). The zero-order chi connectivity index (χ0) is 18.1. The van der Waals surface area contributed by atoms with Gasteiger partial charge in [-0.3, -0.25) is 9.78 Å². The minimum atomic E-state index is -0.0435. The van der Waals surface area contributed by atoms with Crippen LogP contribution < -0.4 is 0 Å². The van der Waals surface area contributed by atoms with Crippen LogP contribution in [0, 0.1) is 5.92 Å². The predicted octanol–water partition coefficient (Wildman–Crippen LogP) is 6.16. The van der Waals surface area contributed by atoms with E-state index in [4.69, 9.17) is 4.74 Å². The highest BCUT2D eigenvalue weighted by Gasteiger charge is 2.38. The number of nitrogens with zero attached hydrogens (tertiary/aromatic N) is 1. The van der Waals surface area contributed by atoms with Gasteiger partial charge in [-0.05, 0) is 56.2 Å². The predicted molar refractivity (Wildman–Crippen MR) is 112 cm³/mol. The van der Waals surface area contributed by atoms with Crippen molar-refractivity contribution in [3.05, 3.63) is 47.1 Å². The van der Waals surface area contributed by atoms with Crippen LogP contribution >= 0.6 is 39.0 Å². The summed E-state index contributed by atoms with van der Waals surface area (Å²) < 4.78 is 7.49. The molecule has 3 aromatic rings. The number of hydrogen-bond acceptors (Lipinski definition) is 5. The number of rotatable bonds is 5. The van der Waals surface area contributed by atoms with Crippen molar-refractivity contribution >= 4 is 55.9 Å². The van der Waals surface area contributed by atoms with Crippen molar-refractivity contribution in [2.45, 2.75) is 29.2 Å². The van der Waals surface area contributed by atoms with E-state index < -0.39 is 0 Å². The molecule has 0 N–H and O–H groups in total. The lowest BCUT2D eigenvalue weighted by Gasteiger charge is -2.33. The summed E-state index contributed by atoms with van der Waals surface area (Å²) in [5.74, 6) is 0.00113. The second kappa shape index (κ2) is 7.71. The van der Waals surface area contributed by atoms with Gasteiger partial charge in [0, 0.05) is 31.7 Å². The maximum absolute atomic E-state index is 12.0. The summed E-state index contributed by atoms with van der Waals surface area (Å²) in [6.45, 7) is 2.32. The molecule has 0 saturated heterocycles. The van der Waals surface area contributed by atoms with Crippen LogP contribution in [0.5, 0.6) is 0 Å². The molecule has 3 nitrogen and oxygen atoms in total. The second-order valence-corrected chi connectivity index (χ2v) is 9.77. The third-order valence-electron chi connectivity index (χ3n) is 4.62. The van der Waals surface area contributed by atoms with Gasteiger partial charge < -0.3 is 4.74 Å². The number of hydrogen-bond donors (Lipinski definition) is 0. The Labute approximate surface area is 169 Å². The van der Waals surface area contributed by atoms with Crippen molar-refractivity contribution in [3.8, 4) is 10.4 Å². The molecule has 0 amide bonds. The van der Waals surface area contributed by atoms with Crippen molar-refractivity contribution in [3.63, 3.8) is 0 Å². The molecule has 1 aromatic carbocycles. The Hall–Kier alpha value is -1.37. The van der Waals surface area contributed by atoms with Gasteiger partial charge >= 0.3 is 5.97 Å². The first kappa shape index (κ1) is 18.0. The van der Waals surface area contributed by atoms with Gasteiger partial charge in [0.25, 0.3) is 0 Å². The van der Waals surface area contributed by atoms with Gasteiger partial charge in [-0.25, -0.2) is 0 Å². The number of carbonyl (C=O) groups excluding carboxylic acids is 1. The third kappa shape index (κ3) is 3.55. The van der Waals surface area contributed by atoms with E-state index in [9.17, 15) is 4.79 Å². The Morgan fingerprint density at radius 2 is 2.19 bits per heavy atom. The Balaban J connectivity index is 1.56. The number of halogens is 1. The number of ether oxygens (including phenoxy) is 1. The van der Waals surface area contributed by atoms with Crippen molar-refractivity contribution in [1.82, 2.24) is 4.98 Å². The fourth-order valence-corrected chi connectivity index (χ4v) is 6.22. The van der Waals surface area contributed by atoms with Crippen LogP contribution in [0.4, 0.5) is 0 Å². The number of aromatic nitrogens is 1. The number of thioether (sulfide) groups is 1. The van der Waals surface area contributed by atoms with Crippen molar-refractivity contribution in [1.29, 1.82) is 0 Å². The summed E-state index contributed by atoms with van der Waals surface area (Å²) in [4.78, 5) is 17.7. The van der Waals surface area contributed by atoms with Gasteiger partial charge in [-0.15, -0.1) is 23.1 Å². The molecular formula is C20H18BrNO2S2. The molecule has 1 saturated carbocycles. The first-order chi connectivity index (χ1) is 12.7. The van der Waals surface area contributed by atoms with E-state index in [1.807, 2.05) is 37.0 Å². The molecule has 26 heavy (non-hydrogen) atoms. The molecule has 0 aliphatic heterocycles. The fourth-order valence-electron chi connectivity index (χ4n) is 3.14. The molecule has 2 aromatic heterocycles. The lowest BCUT2D eigenvalue weighted by molar-refractivity contribution is -0.150. The summed E-state index contributed by atoms with van der Waals surface area (Å²) in [6.07, 6.45) is 3.88. The van der Waals surface area contributed by atoms with Crippen molar-refractivity contribution in [2.75, 3.05) is 6.61 Å². The molecule has 6 heteroatoms. The summed E-state index contributed by atoms with van der Waals surface area (Å²) in [7, 11) is 0. The van der Waals surface area contributed by atoms with E-state index in [-0.39, 0.29) is 11.9 Å². The van der Waals surface area contributed by atoms with Gasteiger partial charge in [0.05, 0.1) is 22.3 Å². The molecule has 1 fully saturated rings. The van der Waals surface area contributed by atoms with Crippen LogP contribution in [0.25, 0.3) is 21.3 Å². The van der Waals surface area contributed by atoms with E-state index >= 15 is 0 Å². The van der Waals surface area contributed by atoms with Crippen LogP contribution in [-0.2, 0) is 9.53 Å². The molecule has 2 heterocycles. The molecule has 1 aliphatic carbocycles. The maximum Gasteiger partial charge on any atom is 0.310 e. The molecular weight excluding hydrogens is 430 g/mol. The normalized spacial score (nSPS) is 19.3. The first-order valence-corrected chi connectivity index (χ1v) is 11.1. The second-order valence-electron chi connectivity index (χ2n) is 6.23. The average molecular weight is 448 g/mol. The maximum atomic E-state index is 12.0. The van der Waals surface area contributed by atoms with E-state index in [0.717, 1.165) is 28.2 Å². The molecule has 2 atom stereocenters. The van der Waals surface area contributed by atoms with E-state index in [2.05, 4.69) is 45.2 Å². The van der Waals surface area contributed by atoms with E-state index in [0.29, 0.717) is 11.9 Å². The Morgan fingerprint density at radius 3 is 2.96 bits per heavy atom. The van der Waals surface area contributed by atoms with Crippen LogP contribution in [0.3, 0.4) is 0 Å². The van der Waals surface area contributed by atoms with E-state index in [1.54, 1.807) is 11.3 Å². The quantitative estimate of drug-likeness (QED) is 0.439. The Kier molecular flexibility index (Phi) is 5.34. The minimum absolute atomic E-state index is 0.0435. The number of esters is 1. The van der Waals surface area contributed by atoms with Crippen LogP contribution in [-0.4, -0.2) is 22.8 Å². The highest BCUT2D eigenvalue weighted by molar-refractivity contribution is 9.10. The standard InChI is InChI=1S/C20H18BrNO2S2/c1-2-24-20(23)14-4-6-18(14)26-19-8-7-17(25-19)13-9-10-22-16-5-3-12(21)11-15(13)16/h3,5,7-11,14,18H,2,4,6H2,1H3. The van der Waals surface area contributed by atoms with Gasteiger partial charge in [0.2, 0.25) is 0 Å². The molecule has 0 bridgehead atoms. The molecule has 0 radical (unpaired) electrons. The number of benzene rings is 1. The summed E-state index contributed by atoms with van der Waals surface area (Å²) >= 11 is 7.14. The van der Waals surface area contributed by atoms with Crippen LogP contribution in [0.15, 0.2) is 51.3 Å². The van der Waals surface area contributed by atoms with Gasteiger partial charge in [-0.2, -0.15) is 0 Å². The SMILES string of the molecule is CCOC(=O)C1CCC1Sc1ccc(-c2ccnc3ccc(Br)cc23)s1. The van der Waals surface area contributed by atoms with Gasteiger partial charge in [0.1, 0.15) is 0 Å². The lowest BCUT2D eigenvalue weighted by atomic mass is 9.85. The Bertz CT molecular complexity index is 956. The summed E-state index contributed by atoms with van der Waals surface area (Å²) in [6, 6.07) is 12.6. The number of thiophene rings is 1. The average Bonchev–Trinajstić information content (AvgIpc) is 3.07. The number of fused-ring (bicyclic) bond motifs is 1. The van der Waals surface area contributed by atoms with Gasteiger partial charge in [-0.1, -0.05) is 15.9 Å². The van der Waals surface area contributed by atoms with Crippen molar-refractivity contribution in [2.24, 2.45) is 5.92 Å². The molecule has 0 spiro atoms. The minimum Gasteiger partial charge on any atom is -0.466 e. The molecule has 2 unspecified atom stereocenters. The third-order valence-corrected chi connectivity index (χ3v) is 7.80. The smallest absolute Gasteiger partial charge is 0.310 e. The molecule has 134 valence electrons. The Morgan fingerprint density at radius 1 is 1.31 bits per heavy atom. The summed E-state index contributed by atoms with van der Waals surface area (Å²) in [5.41, 5.74) is 2.19. The monoisotopic (exact) mass is 447 g/mol. The zero-order valence-electron chi connectivity index (χ0n) is 14.3. The number of carbonyl (C=O) groups is 1. The largest absolute Gasteiger partial charge is 0.466 e. The first-order valence-electron chi connectivity index (χ1n) is 8.63. The zero-order valence-corrected chi connectivity index (χ0v) is 17.5. The summed E-state index contributed by atoms with van der Waals surface area (Å²) in [5, 5.41) is 1.48. The topological polar surface area (TPSA) is 39.2 Å². The lowest BCUT2D eigenvalue weighted by Crippen LogP contribution is -2.36. The highest BCUT2D eigenvalue weighted by atomic mass is 79.9. The van der Waals surface area contributed by atoms with Crippen molar-refractivity contribution < 1.29 is 9.53 Å². The van der Waals surface area contributed by atoms with Crippen LogP contribution in [0.2, 0.25) is 0 Å². The number of pyridine rings is 1. The van der Waals surface area contributed by atoms with Gasteiger partial charge in [0.15, 0.2) is 0 Å². The van der Waals surface area contributed by atoms with E-state index in [1.165, 1.54) is 14.6 Å². The van der Waals surface area contributed by atoms with Crippen LogP contribution in [0.1, 0.15) is 19.8 Å².